The first-order chi connectivity index (χ1) is 74.4. The molecule has 9 heteroatoms. The maximum absolute atomic E-state index is 6.80. The van der Waals surface area contributed by atoms with Crippen LogP contribution in [0.5, 0.6) is 0 Å². The molecular weight excluding hydrogens is 1840 g/mol. The molecule has 32 rings (SSSR count). The normalized spacial score (nSPS) is 13.9. The van der Waals surface area contributed by atoms with Crippen molar-refractivity contribution in [2.75, 3.05) is 0 Å². The number of furan rings is 2. The van der Waals surface area contributed by atoms with Crippen molar-refractivity contribution in [2.24, 2.45) is 0 Å². The van der Waals surface area contributed by atoms with Crippen molar-refractivity contribution in [3.63, 3.8) is 0 Å². The molecule has 3 spiro atoms. The summed E-state index contributed by atoms with van der Waals surface area (Å²) in [4.78, 5) is 32.5. The van der Waals surface area contributed by atoms with Gasteiger partial charge in [-0.15, -0.1) is 11.3 Å². The van der Waals surface area contributed by atoms with Crippen molar-refractivity contribution >= 4 is 43.4 Å². The number of rotatable bonds is 11. The third-order valence-corrected chi connectivity index (χ3v) is 32.8. The molecule has 6 aliphatic carbocycles. The van der Waals surface area contributed by atoms with E-state index in [1.807, 2.05) is 59.9 Å². The summed E-state index contributed by atoms with van der Waals surface area (Å²) in [5.74, 6) is 4.01. The van der Waals surface area contributed by atoms with Gasteiger partial charge in [-0.2, -0.15) is 0 Å². The van der Waals surface area contributed by atoms with Gasteiger partial charge >= 0.3 is 0 Å². The van der Waals surface area contributed by atoms with Gasteiger partial charge in [0.05, 0.1) is 50.4 Å². The molecule has 26 aromatic rings. The third-order valence-electron chi connectivity index (χ3n) is 31.6. The molecule has 6 heterocycles. The van der Waals surface area contributed by atoms with Crippen LogP contribution in [0.3, 0.4) is 0 Å². The fraction of sp³-hybridized carbons (Fsp3) is 0.0213. The van der Waals surface area contributed by atoms with E-state index in [0.29, 0.717) is 17.5 Å². The van der Waals surface area contributed by atoms with Crippen LogP contribution in [-0.2, 0) is 16.2 Å². The van der Waals surface area contributed by atoms with E-state index in [1.165, 1.54) is 121 Å². The second kappa shape index (κ2) is 34.4. The van der Waals surface area contributed by atoms with E-state index in [0.717, 1.165) is 151 Å². The van der Waals surface area contributed by atoms with Gasteiger partial charge in [-0.1, -0.05) is 467 Å². The minimum absolute atomic E-state index is 0.424. The Morgan fingerprint density at radius 3 is 0.973 bits per heavy atom. The average molecular weight is 1930 g/mol. The zero-order chi connectivity index (χ0) is 98.7. The van der Waals surface area contributed by atoms with Crippen LogP contribution in [0.15, 0.2) is 531 Å². The Morgan fingerprint density at radius 1 is 0.160 bits per heavy atom. The SMILES string of the molecule is c1ccc(-c2cc(-c3cccc4c3C3(c5ccccc5-c5ccccc53)c3c-4oc4ccccc34)nc(-c3ccccc3)n2)cc1.c1ccc(-c2cc(-c3ccccc3)nc(-c3cccc(-c4ccc5c(c4)C4(c6ccccc6-c6ccccc64)c4c-5oc5ccccc45)c3)n2)cc1.c1ccc(-c2cc(-c3ccccc3)nc(-c3ccccc3-c3ccc4c(c3)C3(c5ccccc5-4)c4ccccc4-c4sc5ccccc5c43)n2)cc1. The largest absolute Gasteiger partial charge is 0.456 e. The van der Waals surface area contributed by atoms with Crippen LogP contribution < -0.4 is 0 Å². The van der Waals surface area contributed by atoms with Crippen LogP contribution in [0.25, 0.3) is 222 Å². The first-order valence-corrected chi connectivity index (χ1v) is 52.0. The summed E-state index contributed by atoms with van der Waals surface area (Å²) in [7, 11) is 0. The fourth-order valence-electron chi connectivity index (χ4n) is 25.4. The van der Waals surface area contributed by atoms with E-state index in [2.05, 4.69) is 473 Å². The number of thiophene rings is 1. The van der Waals surface area contributed by atoms with Gasteiger partial charge < -0.3 is 8.83 Å². The van der Waals surface area contributed by atoms with Crippen molar-refractivity contribution in [3.05, 3.63) is 588 Å². The summed E-state index contributed by atoms with van der Waals surface area (Å²) < 4.78 is 14.9. The van der Waals surface area contributed by atoms with E-state index in [-0.39, 0.29) is 0 Å². The van der Waals surface area contributed by atoms with E-state index in [9.17, 15) is 0 Å². The van der Waals surface area contributed by atoms with Gasteiger partial charge in [0.15, 0.2) is 17.5 Å². The van der Waals surface area contributed by atoms with Gasteiger partial charge in [-0.05, 0) is 177 Å². The summed E-state index contributed by atoms with van der Waals surface area (Å²) in [6.45, 7) is 0. The Hall–Kier alpha value is -19.3. The van der Waals surface area contributed by atoms with Crippen molar-refractivity contribution in [1.82, 2.24) is 29.9 Å². The molecule has 6 aliphatic rings. The first kappa shape index (κ1) is 86.2. The lowest BCUT2D eigenvalue weighted by Gasteiger charge is -2.31. The molecule has 0 N–H and O–H groups in total. The lowest BCUT2D eigenvalue weighted by molar-refractivity contribution is 0.628. The molecule has 150 heavy (non-hydrogen) atoms. The topological polar surface area (TPSA) is 104 Å². The van der Waals surface area contributed by atoms with Gasteiger partial charge in [0.1, 0.15) is 22.7 Å². The summed E-state index contributed by atoms with van der Waals surface area (Å²) in [5, 5.41) is 3.64. The predicted molar refractivity (Wildman–Crippen MR) is 610 cm³/mol. The van der Waals surface area contributed by atoms with E-state index in [1.54, 1.807) is 0 Å². The average Bonchev–Trinajstić information content (AvgIpc) is 1.50. The molecule has 20 aromatic carbocycles. The molecule has 0 amide bonds. The Bertz CT molecular complexity index is 9720. The highest BCUT2D eigenvalue weighted by atomic mass is 32.1. The number of fused-ring (bicyclic) bond motifs is 36. The van der Waals surface area contributed by atoms with Crippen LogP contribution in [0.2, 0.25) is 0 Å². The molecule has 0 saturated carbocycles. The quantitative estimate of drug-likeness (QED) is 0.126. The summed E-state index contributed by atoms with van der Waals surface area (Å²) in [5.41, 5.74) is 46.4. The second-order valence-electron chi connectivity index (χ2n) is 39.4. The number of benzene rings is 20. The zero-order valence-electron chi connectivity index (χ0n) is 81.1. The predicted octanol–water partition coefficient (Wildman–Crippen LogP) is 35.5. The highest BCUT2D eigenvalue weighted by Gasteiger charge is 2.58. The van der Waals surface area contributed by atoms with Crippen molar-refractivity contribution in [1.29, 1.82) is 0 Å². The van der Waals surface area contributed by atoms with Crippen molar-refractivity contribution < 1.29 is 8.83 Å². The number of hydrogen-bond acceptors (Lipinski definition) is 9. The van der Waals surface area contributed by atoms with Crippen molar-refractivity contribution in [3.8, 4) is 190 Å². The van der Waals surface area contributed by atoms with Crippen LogP contribution in [0.1, 0.15) is 66.8 Å². The molecule has 0 saturated heterocycles. The molecule has 8 nitrogen and oxygen atoms in total. The second-order valence-corrected chi connectivity index (χ2v) is 40.4. The number of aromatic nitrogens is 6. The maximum atomic E-state index is 6.80. The number of nitrogens with zero attached hydrogens (tertiary/aromatic N) is 6. The Morgan fingerprint density at radius 2 is 0.467 bits per heavy atom. The lowest BCUT2D eigenvalue weighted by Crippen LogP contribution is -2.26. The fourth-order valence-corrected chi connectivity index (χ4v) is 26.7. The summed E-state index contributed by atoms with van der Waals surface area (Å²) in [6, 6.07) is 186. The van der Waals surface area contributed by atoms with Gasteiger partial charge in [0.2, 0.25) is 0 Å². The van der Waals surface area contributed by atoms with E-state index in [4.69, 9.17) is 38.7 Å². The third kappa shape index (κ3) is 13.1. The van der Waals surface area contributed by atoms with Gasteiger partial charge in [0, 0.05) is 92.7 Å². The van der Waals surface area contributed by atoms with Crippen LogP contribution in [0, 0.1) is 0 Å². The molecule has 0 radical (unpaired) electrons. The van der Waals surface area contributed by atoms with Crippen molar-refractivity contribution in [2.45, 2.75) is 16.2 Å². The molecule has 698 valence electrons. The standard InChI is InChI=1S/C49H30N2O.C49H30N2S.C43H26N2O/c1-3-14-31(15-4-1)43-30-44(32-16-5-2-6-17-32)51-48(50-43)35-19-13-18-33(28-35)34-26-27-38-42(29-34)49(46-39-22-9-12-25-45(39)52-47(38)46)40-23-10-7-20-36(40)37-21-8-11-24-41(37)49;1-3-15-31(16-4-1)43-30-44(32-17-5-2-6-18-32)51-48(50-43)37-21-8-7-19-34(37)33-27-28-36-35-20-9-12-24-40(35)49(42(36)29-33)41-25-13-10-22-38(41)47-46(49)39-23-11-14-26-45(39)52-47;1-3-14-27(15-4-1)36-26-37(45-42(44-36)28-16-5-2-6-17-28)31-21-13-22-33-39(31)43(40-32-20-9-12-25-38(32)46-41(33)40)34-23-10-7-18-29(34)30-19-8-11-24-35(30)43/h2*1-30H;1-26H. The lowest BCUT2D eigenvalue weighted by atomic mass is 9.68. The van der Waals surface area contributed by atoms with Gasteiger partial charge in [0.25, 0.3) is 0 Å². The number of para-hydroxylation sites is 2. The minimum Gasteiger partial charge on any atom is -0.456 e. The monoisotopic (exact) mass is 1930 g/mol. The number of hydrogen-bond donors (Lipinski definition) is 0. The smallest absolute Gasteiger partial charge is 0.161 e. The Kier molecular flexibility index (Phi) is 19.8. The molecule has 0 aliphatic heterocycles. The van der Waals surface area contributed by atoms with Crippen LogP contribution >= 0.6 is 11.3 Å². The molecule has 0 bridgehead atoms. The Balaban J connectivity index is 0.000000104. The molecular formula is C141H86N6O2S. The Labute approximate surface area is 870 Å². The zero-order valence-corrected chi connectivity index (χ0v) is 81.9. The molecule has 0 fully saturated rings. The molecule has 6 aromatic heterocycles. The highest BCUT2D eigenvalue weighted by Crippen LogP contribution is 2.70. The summed E-state index contributed by atoms with van der Waals surface area (Å²) >= 11 is 1.92. The van der Waals surface area contributed by atoms with Crippen LogP contribution in [0.4, 0.5) is 0 Å². The minimum atomic E-state index is -0.578. The van der Waals surface area contributed by atoms with E-state index < -0.39 is 16.2 Å². The molecule has 1 unspecified atom stereocenters. The maximum Gasteiger partial charge on any atom is 0.161 e. The first-order valence-electron chi connectivity index (χ1n) is 51.2. The van der Waals surface area contributed by atoms with Gasteiger partial charge in [-0.3, -0.25) is 0 Å². The van der Waals surface area contributed by atoms with E-state index >= 15 is 0 Å². The molecule has 1 atom stereocenters. The highest BCUT2D eigenvalue weighted by molar-refractivity contribution is 7.22. The van der Waals surface area contributed by atoms with Crippen LogP contribution in [-0.4, -0.2) is 29.9 Å². The summed E-state index contributed by atoms with van der Waals surface area (Å²) in [6.07, 6.45) is 0. The van der Waals surface area contributed by atoms with Gasteiger partial charge in [-0.25, -0.2) is 29.9 Å².